The lowest BCUT2D eigenvalue weighted by atomic mass is 9.97. The second-order valence-electron chi connectivity index (χ2n) is 5.31. The van der Waals surface area contributed by atoms with Crippen molar-refractivity contribution in [3.05, 3.63) is 24.3 Å². The molecule has 0 spiro atoms. The van der Waals surface area contributed by atoms with E-state index in [1.54, 1.807) is 18.2 Å². The lowest BCUT2D eigenvalue weighted by Crippen LogP contribution is -2.21. The molecule has 1 N–H and O–H groups in total. The predicted octanol–water partition coefficient (Wildman–Crippen LogP) is 4.09. The third-order valence-electron chi connectivity index (χ3n) is 2.09. The number of benzene rings is 1. The van der Waals surface area contributed by atoms with Crippen LogP contribution < -0.4 is 10.1 Å². The number of hydrogen-bond donors (Lipinski definition) is 1. The van der Waals surface area contributed by atoms with Gasteiger partial charge in [0.2, 0.25) is 0 Å². The molecule has 1 aromatic rings. The van der Waals surface area contributed by atoms with Gasteiger partial charge in [-0.25, -0.2) is 0 Å². The van der Waals surface area contributed by atoms with Crippen LogP contribution in [0.1, 0.15) is 20.8 Å². The summed E-state index contributed by atoms with van der Waals surface area (Å²) in [7, 11) is 0. The minimum Gasteiger partial charge on any atom is -0.482 e. The van der Waals surface area contributed by atoms with Crippen LogP contribution >= 0.6 is 0 Å². The first-order valence-corrected chi connectivity index (χ1v) is 5.70. The number of hydrogen-bond acceptors (Lipinski definition) is 2. The number of halogens is 3. The zero-order chi connectivity index (χ0) is 13.8. The fourth-order valence-corrected chi connectivity index (χ4v) is 1.26. The minimum absolute atomic E-state index is 0.0388. The maximum absolute atomic E-state index is 12.1. The molecule has 0 aliphatic rings. The van der Waals surface area contributed by atoms with Crippen molar-refractivity contribution in [3.8, 4) is 5.75 Å². The van der Waals surface area contributed by atoms with Gasteiger partial charge in [-0.1, -0.05) is 32.9 Å². The Kier molecular flexibility index (Phi) is 4.48. The molecule has 0 fully saturated rings. The van der Waals surface area contributed by atoms with Gasteiger partial charge in [-0.3, -0.25) is 0 Å². The number of anilines is 1. The molecule has 5 heteroatoms. The van der Waals surface area contributed by atoms with Gasteiger partial charge in [-0.15, -0.1) is 0 Å². The van der Waals surface area contributed by atoms with E-state index in [1.807, 2.05) is 20.8 Å². The van der Waals surface area contributed by atoms with E-state index in [0.29, 0.717) is 12.2 Å². The van der Waals surface area contributed by atoms with Gasteiger partial charge in [0.15, 0.2) is 6.61 Å². The highest BCUT2D eigenvalue weighted by molar-refractivity contribution is 5.56. The molecule has 0 bridgehead atoms. The molecule has 0 heterocycles. The molecule has 0 aliphatic heterocycles. The van der Waals surface area contributed by atoms with E-state index < -0.39 is 12.8 Å². The zero-order valence-electron chi connectivity index (χ0n) is 10.8. The van der Waals surface area contributed by atoms with Crippen LogP contribution in [-0.4, -0.2) is 19.3 Å². The fourth-order valence-electron chi connectivity index (χ4n) is 1.26. The van der Waals surface area contributed by atoms with Gasteiger partial charge in [0, 0.05) is 6.54 Å². The van der Waals surface area contributed by atoms with E-state index >= 15 is 0 Å². The Bertz CT molecular complexity index is 346. The highest BCUT2D eigenvalue weighted by Gasteiger charge is 2.28. The number of ether oxygens (including phenoxy) is 1. The number of para-hydroxylation sites is 2. The van der Waals surface area contributed by atoms with Crippen LogP contribution in [0.5, 0.6) is 5.75 Å². The average Bonchev–Trinajstić information content (AvgIpc) is 2.22. The Morgan fingerprint density at radius 2 is 1.72 bits per heavy atom. The molecule has 0 amide bonds. The smallest absolute Gasteiger partial charge is 0.422 e. The second kappa shape index (κ2) is 5.50. The van der Waals surface area contributed by atoms with Gasteiger partial charge >= 0.3 is 6.18 Å². The van der Waals surface area contributed by atoms with Gasteiger partial charge in [-0.2, -0.15) is 13.2 Å². The van der Waals surface area contributed by atoms with Gasteiger partial charge in [-0.05, 0) is 17.5 Å². The summed E-state index contributed by atoms with van der Waals surface area (Å²) in [6.45, 7) is 5.50. The van der Waals surface area contributed by atoms with Crippen molar-refractivity contribution in [1.82, 2.24) is 0 Å². The van der Waals surface area contributed by atoms with Crippen molar-refractivity contribution in [2.24, 2.45) is 5.41 Å². The third-order valence-corrected chi connectivity index (χ3v) is 2.09. The normalized spacial score (nSPS) is 12.3. The van der Waals surface area contributed by atoms with E-state index in [4.69, 9.17) is 4.74 Å². The van der Waals surface area contributed by atoms with Crippen molar-refractivity contribution >= 4 is 5.69 Å². The van der Waals surface area contributed by atoms with Crippen LogP contribution in [0.4, 0.5) is 18.9 Å². The topological polar surface area (TPSA) is 21.3 Å². The van der Waals surface area contributed by atoms with Crippen molar-refractivity contribution in [3.63, 3.8) is 0 Å². The average molecular weight is 261 g/mol. The van der Waals surface area contributed by atoms with Gasteiger partial charge < -0.3 is 10.1 Å². The largest absolute Gasteiger partial charge is 0.482 e. The van der Waals surface area contributed by atoms with Crippen LogP contribution in [0.3, 0.4) is 0 Å². The maximum Gasteiger partial charge on any atom is 0.422 e. The highest BCUT2D eigenvalue weighted by Crippen LogP contribution is 2.27. The summed E-state index contributed by atoms with van der Waals surface area (Å²) in [5, 5.41) is 3.10. The molecule has 1 aromatic carbocycles. The first kappa shape index (κ1) is 14.7. The Balaban J connectivity index is 2.68. The first-order chi connectivity index (χ1) is 8.17. The van der Waals surface area contributed by atoms with Crippen LogP contribution in [0.25, 0.3) is 0 Å². The summed E-state index contributed by atoms with van der Waals surface area (Å²) >= 11 is 0. The molecule has 0 atom stereocenters. The molecular formula is C13H18F3NO. The maximum atomic E-state index is 12.1. The molecule has 0 radical (unpaired) electrons. The van der Waals surface area contributed by atoms with E-state index in [-0.39, 0.29) is 11.2 Å². The molecule has 0 aliphatic carbocycles. The Morgan fingerprint density at radius 3 is 2.28 bits per heavy atom. The molecule has 18 heavy (non-hydrogen) atoms. The summed E-state index contributed by atoms with van der Waals surface area (Å²) in [4.78, 5) is 0. The Morgan fingerprint density at radius 1 is 1.11 bits per heavy atom. The monoisotopic (exact) mass is 261 g/mol. The summed E-state index contributed by atoms with van der Waals surface area (Å²) < 4.78 is 41.1. The van der Waals surface area contributed by atoms with Crippen LogP contribution in [0.2, 0.25) is 0 Å². The molecule has 0 saturated heterocycles. The lowest BCUT2D eigenvalue weighted by molar-refractivity contribution is -0.153. The molecule has 0 saturated carbocycles. The van der Waals surface area contributed by atoms with Gasteiger partial charge in [0.1, 0.15) is 5.75 Å². The van der Waals surface area contributed by atoms with E-state index in [0.717, 1.165) is 0 Å². The number of nitrogens with one attached hydrogen (secondary N) is 1. The zero-order valence-corrected chi connectivity index (χ0v) is 10.8. The molecule has 1 rings (SSSR count). The first-order valence-electron chi connectivity index (χ1n) is 5.70. The summed E-state index contributed by atoms with van der Waals surface area (Å²) in [6, 6.07) is 6.63. The molecule has 0 unspecified atom stereocenters. The third kappa shape index (κ3) is 5.80. The number of alkyl halides is 3. The number of rotatable bonds is 4. The van der Waals surface area contributed by atoms with E-state index in [2.05, 4.69) is 5.32 Å². The Labute approximate surface area is 105 Å². The van der Waals surface area contributed by atoms with Crippen LogP contribution in [-0.2, 0) is 0 Å². The molecule has 102 valence electrons. The van der Waals surface area contributed by atoms with E-state index in [9.17, 15) is 13.2 Å². The summed E-state index contributed by atoms with van der Waals surface area (Å²) in [5.74, 6) is 0.221. The van der Waals surface area contributed by atoms with E-state index in [1.165, 1.54) is 6.07 Å². The minimum atomic E-state index is -4.32. The van der Waals surface area contributed by atoms with Crippen molar-refractivity contribution in [1.29, 1.82) is 0 Å². The van der Waals surface area contributed by atoms with Gasteiger partial charge in [0.05, 0.1) is 5.69 Å². The Hall–Kier alpha value is -1.39. The van der Waals surface area contributed by atoms with Crippen LogP contribution in [0, 0.1) is 5.41 Å². The summed E-state index contributed by atoms with van der Waals surface area (Å²) in [5.41, 5.74) is 0.619. The van der Waals surface area contributed by atoms with Crippen LogP contribution in [0.15, 0.2) is 24.3 Å². The van der Waals surface area contributed by atoms with Gasteiger partial charge in [0.25, 0.3) is 0 Å². The standard InChI is InChI=1S/C13H18F3NO/c1-12(2,3)8-17-10-6-4-5-7-11(10)18-9-13(14,15)16/h4-7,17H,8-9H2,1-3H3. The lowest BCUT2D eigenvalue weighted by Gasteiger charge is -2.21. The highest BCUT2D eigenvalue weighted by atomic mass is 19.4. The predicted molar refractivity (Wildman–Crippen MR) is 65.9 cm³/mol. The molecule has 0 aromatic heterocycles. The summed E-state index contributed by atoms with van der Waals surface area (Å²) in [6.07, 6.45) is -4.32. The molecule has 2 nitrogen and oxygen atoms in total. The SMILES string of the molecule is CC(C)(C)CNc1ccccc1OCC(F)(F)F. The van der Waals surface area contributed by atoms with Crippen molar-refractivity contribution < 1.29 is 17.9 Å². The van der Waals surface area contributed by atoms with Crippen molar-refractivity contribution in [2.45, 2.75) is 26.9 Å². The fraction of sp³-hybridized carbons (Fsp3) is 0.538. The molecular weight excluding hydrogens is 243 g/mol. The quantitative estimate of drug-likeness (QED) is 0.881. The van der Waals surface area contributed by atoms with Crippen molar-refractivity contribution in [2.75, 3.05) is 18.5 Å². The second-order valence-corrected chi connectivity index (χ2v) is 5.31.